The van der Waals surface area contributed by atoms with Crippen LogP contribution in [-0.4, -0.2) is 34.0 Å². The molecule has 0 heterocycles. The lowest BCUT2D eigenvalue weighted by Crippen LogP contribution is -2.35. The van der Waals surface area contributed by atoms with Crippen LogP contribution >= 0.6 is 0 Å². The number of anilines is 2. The molecule has 12 heteroatoms. The number of carbonyl (C=O) groups is 4. The molecule has 0 saturated heterocycles. The Hall–Kier alpha value is -6.50. The maximum atomic E-state index is 13.0. The van der Waals surface area contributed by atoms with Crippen LogP contribution in [-0.2, 0) is 36.0 Å². The zero-order valence-corrected chi connectivity index (χ0v) is 27.0. The Morgan fingerprint density at radius 3 is 1.22 bits per heavy atom. The molecule has 5 rings (SSSR count). The molecule has 0 saturated carbocycles. The maximum Gasteiger partial charge on any atom is 0.339 e. The number of hydroxylamine groups is 4. The smallest absolute Gasteiger partial charge is 0.339 e. The number of carbonyl (C=O) groups excluding carboxylic acids is 4. The first-order chi connectivity index (χ1) is 24.2. The minimum Gasteiger partial charge on any atom is -0.350 e. The molecule has 5 aromatic carbocycles. The van der Waals surface area contributed by atoms with Crippen LogP contribution in [0.4, 0.5) is 21.0 Å². The Bertz CT molecular complexity index is 1770. The number of hydrogen-bond donors (Lipinski definition) is 4. The molecule has 254 valence electrons. The molecule has 0 unspecified atom stereocenters. The van der Waals surface area contributed by atoms with Crippen LogP contribution in [0.1, 0.15) is 43.0 Å². The Balaban J connectivity index is 1.13. The third-order valence-electron chi connectivity index (χ3n) is 7.41. The maximum absolute atomic E-state index is 13.0. The molecule has 0 radical (unpaired) electrons. The number of benzene rings is 5. The van der Waals surface area contributed by atoms with E-state index in [1.807, 2.05) is 60.7 Å². The molecule has 0 fully saturated rings. The third-order valence-corrected chi connectivity index (χ3v) is 7.41. The summed E-state index contributed by atoms with van der Waals surface area (Å²) in [7, 11) is 0. The van der Waals surface area contributed by atoms with E-state index in [4.69, 9.17) is 21.1 Å². The standard InChI is InChI=1S/C38H36N6O6/c39-37(47)43(49-25-29-8-3-1-4-9-29)23-27-14-18-33(19-15-27)41-35(45)31-12-7-13-32(22-31)36(46)42-34-20-16-28(17-21-34)24-44(38(40)48)50-26-30-10-5-2-6-11-30/h1-22H,23-26H2,(H2,39,47)(H2,40,48)(H,41,45)(H,42,46). The lowest BCUT2D eigenvalue weighted by Gasteiger charge is -2.20. The Kier molecular flexibility index (Phi) is 11.9. The van der Waals surface area contributed by atoms with Gasteiger partial charge in [0.15, 0.2) is 0 Å². The number of hydrogen-bond acceptors (Lipinski definition) is 6. The first kappa shape index (κ1) is 34.8. The highest BCUT2D eigenvalue weighted by atomic mass is 16.7. The van der Waals surface area contributed by atoms with E-state index in [0.29, 0.717) is 11.4 Å². The van der Waals surface area contributed by atoms with E-state index in [9.17, 15) is 19.2 Å². The highest BCUT2D eigenvalue weighted by molar-refractivity contribution is 6.08. The van der Waals surface area contributed by atoms with Crippen LogP contribution in [0.25, 0.3) is 0 Å². The van der Waals surface area contributed by atoms with Gasteiger partial charge in [-0.05, 0) is 64.7 Å². The van der Waals surface area contributed by atoms with Gasteiger partial charge in [0.2, 0.25) is 0 Å². The van der Waals surface area contributed by atoms with Gasteiger partial charge in [0.05, 0.1) is 13.1 Å². The fraction of sp³-hybridized carbons (Fsp3) is 0.105. The summed E-state index contributed by atoms with van der Waals surface area (Å²) < 4.78 is 0. The average molecular weight is 673 g/mol. The molecule has 0 aliphatic rings. The van der Waals surface area contributed by atoms with Crippen molar-refractivity contribution in [2.45, 2.75) is 26.3 Å². The van der Waals surface area contributed by atoms with Crippen LogP contribution in [0.2, 0.25) is 0 Å². The van der Waals surface area contributed by atoms with E-state index in [-0.39, 0.29) is 37.4 Å². The summed E-state index contributed by atoms with van der Waals surface area (Å²) in [4.78, 5) is 61.1. The van der Waals surface area contributed by atoms with Gasteiger partial charge in [0, 0.05) is 22.5 Å². The molecule has 50 heavy (non-hydrogen) atoms. The first-order valence-electron chi connectivity index (χ1n) is 15.6. The summed E-state index contributed by atoms with van der Waals surface area (Å²) >= 11 is 0. The summed E-state index contributed by atoms with van der Waals surface area (Å²) in [6, 6.07) is 37.5. The zero-order chi connectivity index (χ0) is 35.3. The van der Waals surface area contributed by atoms with Crippen LogP contribution in [0.15, 0.2) is 133 Å². The van der Waals surface area contributed by atoms with Crippen molar-refractivity contribution >= 4 is 35.3 Å². The number of primary amides is 2. The van der Waals surface area contributed by atoms with Gasteiger partial charge in [0.1, 0.15) is 13.2 Å². The number of rotatable bonds is 14. The molecule has 0 bridgehead atoms. The summed E-state index contributed by atoms with van der Waals surface area (Å²) in [5, 5.41) is 7.79. The predicted molar refractivity (Wildman–Crippen MR) is 188 cm³/mol. The van der Waals surface area contributed by atoms with Crippen molar-refractivity contribution in [2.24, 2.45) is 11.5 Å². The van der Waals surface area contributed by atoms with Gasteiger partial charge in [-0.3, -0.25) is 19.3 Å². The Morgan fingerprint density at radius 1 is 0.480 bits per heavy atom. The van der Waals surface area contributed by atoms with E-state index in [2.05, 4.69) is 10.6 Å². The van der Waals surface area contributed by atoms with Gasteiger partial charge in [-0.25, -0.2) is 9.59 Å². The fourth-order valence-corrected chi connectivity index (χ4v) is 4.75. The SMILES string of the molecule is NC(=O)N(Cc1ccc(NC(=O)c2cccc(C(=O)Nc3ccc(CN(OCc4ccccc4)C(N)=O)cc3)c2)cc1)OCc1ccccc1. The van der Waals surface area contributed by atoms with E-state index in [0.717, 1.165) is 32.4 Å². The van der Waals surface area contributed by atoms with Crippen LogP contribution in [0, 0.1) is 0 Å². The number of nitrogens with two attached hydrogens (primary N) is 2. The quantitative estimate of drug-likeness (QED) is 0.102. The van der Waals surface area contributed by atoms with Gasteiger partial charge in [-0.1, -0.05) is 91.0 Å². The van der Waals surface area contributed by atoms with Crippen molar-refractivity contribution in [1.29, 1.82) is 0 Å². The van der Waals surface area contributed by atoms with Crippen molar-refractivity contribution in [2.75, 3.05) is 10.6 Å². The Morgan fingerprint density at radius 2 is 0.860 bits per heavy atom. The molecule has 6 amide bonds. The van der Waals surface area contributed by atoms with Crippen molar-refractivity contribution in [3.63, 3.8) is 0 Å². The lowest BCUT2D eigenvalue weighted by atomic mass is 10.1. The second kappa shape index (κ2) is 17.1. The highest BCUT2D eigenvalue weighted by Gasteiger charge is 2.15. The lowest BCUT2D eigenvalue weighted by molar-refractivity contribution is -0.132. The summed E-state index contributed by atoms with van der Waals surface area (Å²) in [5.41, 5.74) is 15.9. The molecule has 0 aliphatic heterocycles. The molecule has 5 aromatic rings. The minimum absolute atomic E-state index is 0.116. The van der Waals surface area contributed by atoms with E-state index in [1.54, 1.807) is 66.7 Å². The number of nitrogens with one attached hydrogen (secondary N) is 2. The Labute approximate surface area is 289 Å². The zero-order valence-electron chi connectivity index (χ0n) is 27.0. The molecule has 0 atom stereocenters. The molecule has 6 N–H and O–H groups in total. The van der Waals surface area contributed by atoms with E-state index >= 15 is 0 Å². The van der Waals surface area contributed by atoms with Gasteiger partial charge < -0.3 is 22.1 Å². The molecular weight excluding hydrogens is 636 g/mol. The van der Waals surface area contributed by atoms with Gasteiger partial charge in [-0.15, -0.1) is 0 Å². The highest BCUT2D eigenvalue weighted by Crippen LogP contribution is 2.17. The first-order valence-corrected chi connectivity index (χ1v) is 15.6. The van der Waals surface area contributed by atoms with Gasteiger partial charge >= 0.3 is 12.1 Å². The van der Waals surface area contributed by atoms with Gasteiger partial charge in [-0.2, -0.15) is 10.1 Å². The normalized spacial score (nSPS) is 10.6. The summed E-state index contributed by atoms with van der Waals surface area (Å²) in [6.07, 6.45) is 0. The summed E-state index contributed by atoms with van der Waals surface area (Å²) in [5.74, 6) is -0.814. The second-order valence-electron chi connectivity index (χ2n) is 11.2. The van der Waals surface area contributed by atoms with Crippen molar-refractivity contribution in [1.82, 2.24) is 10.1 Å². The van der Waals surface area contributed by atoms with Crippen LogP contribution in [0.3, 0.4) is 0 Å². The topological polar surface area (TPSA) is 169 Å². The number of nitrogens with zero attached hydrogens (tertiary/aromatic N) is 2. The van der Waals surface area contributed by atoms with Crippen molar-refractivity contribution in [3.05, 3.63) is 167 Å². The van der Waals surface area contributed by atoms with Crippen molar-refractivity contribution < 1.29 is 28.9 Å². The largest absolute Gasteiger partial charge is 0.350 e. The number of urea groups is 2. The molecule has 12 nitrogen and oxygen atoms in total. The van der Waals surface area contributed by atoms with Crippen LogP contribution < -0.4 is 22.1 Å². The predicted octanol–water partition coefficient (Wildman–Crippen LogP) is 6.22. The molecule has 0 spiro atoms. The average Bonchev–Trinajstić information content (AvgIpc) is 3.13. The van der Waals surface area contributed by atoms with Crippen molar-refractivity contribution in [3.8, 4) is 0 Å². The third kappa shape index (κ3) is 10.2. The minimum atomic E-state index is -0.726. The molecular formula is C38H36N6O6. The van der Waals surface area contributed by atoms with Gasteiger partial charge in [0.25, 0.3) is 11.8 Å². The summed E-state index contributed by atoms with van der Waals surface area (Å²) in [6.45, 7) is 0.602. The monoisotopic (exact) mass is 672 g/mol. The fourth-order valence-electron chi connectivity index (χ4n) is 4.75. The van der Waals surface area contributed by atoms with E-state index < -0.39 is 23.9 Å². The molecule has 0 aliphatic carbocycles. The number of amides is 6. The van der Waals surface area contributed by atoms with Crippen LogP contribution in [0.5, 0.6) is 0 Å². The van der Waals surface area contributed by atoms with E-state index in [1.165, 1.54) is 6.07 Å². The second-order valence-corrected chi connectivity index (χ2v) is 11.2. The molecule has 0 aromatic heterocycles.